The third-order valence-electron chi connectivity index (χ3n) is 2.77. The number of hydrogen-bond acceptors (Lipinski definition) is 6. The van der Waals surface area contributed by atoms with Gasteiger partial charge in [0.15, 0.2) is 6.10 Å². The lowest BCUT2D eigenvalue weighted by Crippen LogP contribution is -2.27. The molecule has 0 N–H and O–H groups in total. The van der Waals surface area contributed by atoms with E-state index in [9.17, 15) is 14.9 Å². The lowest BCUT2D eigenvalue weighted by Gasteiger charge is -2.19. The Morgan fingerprint density at radius 3 is 2.05 bits per heavy atom. The van der Waals surface area contributed by atoms with Gasteiger partial charge in [0.05, 0.1) is 14.2 Å². The van der Waals surface area contributed by atoms with Gasteiger partial charge < -0.3 is 14.2 Å². The lowest BCUT2D eigenvalue weighted by molar-refractivity contribution is -0.530. The Hall–Kier alpha value is -2.31. The molecule has 0 fully saturated rings. The Bertz CT molecular complexity index is 479. The fourth-order valence-electron chi connectivity index (χ4n) is 1.73. The zero-order chi connectivity index (χ0) is 15.3. The van der Waals surface area contributed by atoms with Crippen LogP contribution in [0.5, 0.6) is 11.5 Å². The van der Waals surface area contributed by atoms with Crippen molar-refractivity contribution in [1.29, 1.82) is 0 Å². The van der Waals surface area contributed by atoms with E-state index in [-0.39, 0.29) is 0 Å². The number of ether oxygens (including phenoxy) is 3. The lowest BCUT2D eigenvalue weighted by atomic mass is 10.0. The minimum atomic E-state index is -1.09. The molecule has 0 aliphatic rings. The van der Waals surface area contributed by atoms with Crippen LogP contribution in [0.2, 0.25) is 0 Å². The molecule has 7 heteroatoms. The van der Waals surface area contributed by atoms with Crippen LogP contribution in [0.15, 0.2) is 18.2 Å². The molecular weight excluding hydrogens is 266 g/mol. The highest BCUT2D eigenvalue weighted by atomic mass is 16.6. The monoisotopic (exact) mass is 283 g/mol. The van der Waals surface area contributed by atoms with Crippen molar-refractivity contribution in [3.05, 3.63) is 33.9 Å². The summed E-state index contributed by atoms with van der Waals surface area (Å²) >= 11 is 0. The third kappa shape index (κ3) is 3.84. The molecule has 0 aliphatic carbocycles. The van der Waals surface area contributed by atoms with E-state index in [2.05, 4.69) is 0 Å². The van der Waals surface area contributed by atoms with Gasteiger partial charge in [0.1, 0.15) is 11.5 Å². The maximum absolute atomic E-state index is 11.2. The number of esters is 1. The number of benzene rings is 1. The van der Waals surface area contributed by atoms with E-state index in [1.54, 1.807) is 18.2 Å². The summed E-state index contributed by atoms with van der Waals surface area (Å²) in [6.45, 7) is 2.58. The summed E-state index contributed by atoms with van der Waals surface area (Å²) in [6.07, 6.45) is -1.01. The van der Waals surface area contributed by atoms with Gasteiger partial charge in [0.2, 0.25) is 0 Å². The van der Waals surface area contributed by atoms with Crippen LogP contribution in [0, 0.1) is 10.1 Å². The first kappa shape index (κ1) is 15.7. The number of hydrogen-bond donors (Lipinski definition) is 0. The van der Waals surface area contributed by atoms with Crippen LogP contribution >= 0.6 is 0 Å². The first-order valence-electron chi connectivity index (χ1n) is 5.92. The standard InChI is InChI=1S/C13H17NO6/c1-8(14(16)17)13(20-9(2)15)10-5-11(18-3)7-12(6-10)19-4/h5-8,13H,1-4H3/t8-,13+/m1/s1. The molecule has 0 heterocycles. The van der Waals surface area contributed by atoms with Gasteiger partial charge in [-0.15, -0.1) is 0 Å². The quantitative estimate of drug-likeness (QED) is 0.450. The van der Waals surface area contributed by atoms with Crippen molar-refractivity contribution >= 4 is 5.97 Å². The minimum Gasteiger partial charge on any atom is -0.497 e. The van der Waals surface area contributed by atoms with Crippen molar-refractivity contribution in [3.63, 3.8) is 0 Å². The molecule has 0 unspecified atom stereocenters. The van der Waals surface area contributed by atoms with Crippen LogP contribution in [0.4, 0.5) is 0 Å². The highest BCUT2D eigenvalue weighted by Gasteiger charge is 2.32. The van der Waals surface area contributed by atoms with Crippen LogP contribution in [-0.4, -0.2) is 31.2 Å². The van der Waals surface area contributed by atoms with Crippen LogP contribution in [-0.2, 0) is 9.53 Å². The molecule has 0 aliphatic heterocycles. The highest BCUT2D eigenvalue weighted by molar-refractivity contribution is 5.66. The minimum absolute atomic E-state index is 0.445. The normalized spacial score (nSPS) is 13.2. The average molecular weight is 283 g/mol. The van der Waals surface area contributed by atoms with Gasteiger partial charge in [-0.25, -0.2) is 0 Å². The summed E-state index contributed by atoms with van der Waals surface area (Å²) in [4.78, 5) is 21.6. The molecule has 110 valence electrons. The van der Waals surface area contributed by atoms with Crippen molar-refractivity contribution in [1.82, 2.24) is 0 Å². The topological polar surface area (TPSA) is 87.9 Å². The molecule has 0 radical (unpaired) electrons. The van der Waals surface area contributed by atoms with E-state index in [1.807, 2.05) is 0 Å². The van der Waals surface area contributed by atoms with Gasteiger partial charge in [0.25, 0.3) is 6.04 Å². The second-order valence-electron chi connectivity index (χ2n) is 4.20. The van der Waals surface area contributed by atoms with Gasteiger partial charge in [-0.05, 0) is 12.1 Å². The first-order valence-corrected chi connectivity index (χ1v) is 5.92. The number of carbonyl (C=O) groups is 1. The van der Waals surface area contributed by atoms with Gasteiger partial charge in [-0.3, -0.25) is 14.9 Å². The molecule has 0 spiro atoms. The zero-order valence-corrected chi connectivity index (χ0v) is 11.8. The van der Waals surface area contributed by atoms with E-state index in [4.69, 9.17) is 14.2 Å². The fourth-order valence-corrected chi connectivity index (χ4v) is 1.73. The Morgan fingerprint density at radius 1 is 1.20 bits per heavy atom. The van der Waals surface area contributed by atoms with Gasteiger partial charge in [-0.1, -0.05) is 0 Å². The van der Waals surface area contributed by atoms with Crippen LogP contribution in [0.25, 0.3) is 0 Å². The van der Waals surface area contributed by atoms with Gasteiger partial charge in [-0.2, -0.15) is 0 Å². The van der Waals surface area contributed by atoms with Crippen LogP contribution in [0.1, 0.15) is 25.5 Å². The number of nitrogens with zero attached hydrogens (tertiary/aromatic N) is 1. The van der Waals surface area contributed by atoms with Crippen molar-refractivity contribution in [2.45, 2.75) is 26.0 Å². The first-order chi connectivity index (χ1) is 9.38. The summed E-state index contributed by atoms with van der Waals surface area (Å²) in [5, 5.41) is 11.0. The predicted octanol–water partition coefficient (Wildman–Crippen LogP) is 1.97. The molecule has 7 nitrogen and oxygen atoms in total. The molecule has 1 aromatic rings. The van der Waals surface area contributed by atoms with Crippen molar-refractivity contribution in [2.24, 2.45) is 0 Å². The second-order valence-corrected chi connectivity index (χ2v) is 4.20. The van der Waals surface area contributed by atoms with E-state index in [0.717, 1.165) is 0 Å². The molecule has 1 aromatic carbocycles. The van der Waals surface area contributed by atoms with Gasteiger partial charge >= 0.3 is 5.97 Å². The van der Waals surface area contributed by atoms with E-state index in [0.29, 0.717) is 17.1 Å². The molecular formula is C13H17NO6. The van der Waals surface area contributed by atoms with Crippen molar-refractivity contribution in [3.8, 4) is 11.5 Å². The molecule has 0 aromatic heterocycles. The average Bonchev–Trinajstić information content (AvgIpc) is 2.42. The smallest absolute Gasteiger partial charge is 0.303 e. The second kappa shape index (κ2) is 6.74. The largest absolute Gasteiger partial charge is 0.497 e. The number of rotatable bonds is 6. The third-order valence-corrected chi connectivity index (χ3v) is 2.77. The van der Waals surface area contributed by atoms with E-state index in [1.165, 1.54) is 28.1 Å². The van der Waals surface area contributed by atoms with Crippen LogP contribution in [0.3, 0.4) is 0 Å². The predicted molar refractivity (Wildman–Crippen MR) is 70.5 cm³/mol. The van der Waals surface area contributed by atoms with E-state index < -0.39 is 23.0 Å². The van der Waals surface area contributed by atoms with Crippen molar-refractivity contribution < 1.29 is 23.9 Å². The highest BCUT2D eigenvalue weighted by Crippen LogP contribution is 2.31. The Morgan fingerprint density at radius 2 is 1.70 bits per heavy atom. The molecule has 0 saturated heterocycles. The number of nitro groups is 1. The zero-order valence-electron chi connectivity index (χ0n) is 11.8. The SMILES string of the molecule is COc1cc(OC)cc([C@@H](OC(C)=O)[C@@H](C)[N+](=O)[O-])c1. The van der Waals surface area contributed by atoms with E-state index >= 15 is 0 Å². The number of methoxy groups -OCH3 is 2. The molecule has 0 saturated carbocycles. The maximum Gasteiger partial charge on any atom is 0.303 e. The summed E-state index contributed by atoms with van der Waals surface area (Å²) in [5.74, 6) is 0.338. The Labute approximate surface area is 116 Å². The molecule has 1 rings (SSSR count). The maximum atomic E-state index is 11.2. The Kier molecular flexibility index (Phi) is 5.31. The summed E-state index contributed by atoms with van der Waals surface area (Å²) in [7, 11) is 2.94. The Balaban J connectivity index is 3.24. The summed E-state index contributed by atoms with van der Waals surface area (Å²) in [6, 6.07) is 3.70. The molecule has 0 bridgehead atoms. The number of carbonyl (C=O) groups excluding carboxylic acids is 1. The summed E-state index contributed by atoms with van der Waals surface area (Å²) < 4.78 is 15.3. The molecule has 2 atom stereocenters. The van der Waals surface area contributed by atoms with Gasteiger partial charge in [0, 0.05) is 30.4 Å². The summed E-state index contributed by atoms with van der Waals surface area (Å²) in [5.41, 5.74) is 0.445. The van der Waals surface area contributed by atoms with Crippen molar-refractivity contribution in [2.75, 3.05) is 14.2 Å². The molecule has 20 heavy (non-hydrogen) atoms. The van der Waals surface area contributed by atoms with Crippen LogP contribution < -0.4 is 9.47 Å². The molecule has 0 amide bonds. The fraction of sp³-hybridized carbons (Fsp3) is 0.462.